The molecule has 0 aliphatic carbocycles. The molecule has 0 N–H and O–H groups in total. The average Bonchev–Trinajstić information content (AvgIpc) is 2.68. The van der Waals surface area contributed by atoms with Crippen LogP contribution < -0.4 is 4.74 Å². The standard InChI is InChI=1S/C26H25NO/c1-18-10-11-20-17-24(19-8-6-5-7-9-19)27-25(23(20)16-18)28-22-14-12-21(13-15-22)26(2,3)4/h5-17H,1-4H3. The predicted octanol–water partition coefficient (Wildman–Crippen LogP) is 7.30. The summed E-state index contributed by atoms with van der Waals surface area (Å²) in [5.74, 6) is 1.44. The third-order valence-corrected chi connectivity index (χ3v) is 4.96. The number of hydrogen-bond donors (Lipinski definition) is 0. The number of fused-ring (bicyclic) bond motifs is 1. The van der Waals surface area contributed by atoms with Gasteiger partial charge in [-0.25, -0.2) is 4.98 Å². The Balaban J connectivity index is 1.79. The maximum Gasteiger partial charge on any atom is 0.227 e. The summed E-state index contributed by atoms with van der Waals surface area (Å²) in [4.78, 5) is 4.86. The molecule has 2 nitrogen and oxygen atoms in total. The number of pyridine rings is 1. The number of nitrogens with zero attached hydrogens (tertiary/aromatic N) is 1. The van der Waals surface area contributed by atoms with Crippen LogP contribution in [-0.4, -0.2) is 4.98 Å². The van der Waals surface area contributed by atoms with Gasteiger partial charge in [-0.2, -0.15) is 0 Å². The minimum absolute atomic E-state index is 0.119. The number of aromatic nitrogens is 1. The molecule has 4 aromatic rings. The van der Waals surface area contributed by atoms with Crippen LogP contribution in [0.5, 0.6) is 11.6 Å². The van der Waals surface area contributed by atoms with Gasteiger partial charge in [-0.3, -0.25) is 0 Å². The molecule has 3 aromatic carbocycles. The molecule has 0 spiro atoms. The molecule has 0 bridgehead atoms. The summed E-state index contributed by atoms with van der Waals surface area (Å²) < 4.78 is 6.27. The Morgan fingerprint density at radius 3 is 2.18 bits per heavy atom. The molecule has 0 aliphatic rings. The van der Waals surface area contributed by atoms with Gasteiger partial charge in [-0.15, -0.1) is 0 Å². The summed E-state index contributed by atoms with van der Waals surface area (Å²) >= 11 is 0. The average molecular weight is 367 g/mol. The highest BCUT2D eigenvalue weighted by molar-refractivity contribution is 5.90. The highest BCUT2D eigenvalue weighted by Gasteiger charge is 2.14. The highest BCUT2D eigenvalue weighted by Crippen LogP contribution is 2.33. The topological polar surface area (TPSA) is 22.1 Å². The van der Waals surface area contributed by atoms with Crippen LogP contribution in [0.15, 0.2) is 78.9 Å². The molecule has 0 atom stereocenters. The van der Waals surface area contributed by atoms with Crippen molar-refractivity contribution < 1.29 is 4.74 Å². The van der Waals surface area contributed by atoms with Crippen LogP contribution in [0.4, 0.5) is 0 Å². The zero-order valence-corrected chi connectivity index (χ0v) is 16.9. The van der Waals surface area contributed by atoms with Crippen LogP contribution in [0.25, 0.3) is 22.0 Å². The minimum Gasteiger partial charge on any atom is -0.438 e. The lowest BCUT2D eigenvalue weighted by atomic mass is 9.87. The van der Waals surface area contributed by atoms with Gasteiger partial charge >= 0.3 is 0 Å². The largest absolute Gasteiger partial charge is 0.438 e. The predicted molar refractivity (Wildman–Crippen MR) is 117 cm³/mol. The summed E-state index contributed by atoms with van der Waals surface area (Å²) in [6, 6.07) is 27.1. The van der Waals surface area contributed by atoms with E-state index < -0.39 is 0 Å². The Kier molecular flexibility index (Phi) is 4.64. The van der Waals surface area contributed by atoms with Crippen LogP contribution in [0.3, 0.4) is 0 Å². The Morgan fingerprint density at radius 1 is 0.786 bits per heavy atom. The lowest BCUT2D eigenvalue weighted by molar-refractivity contribution is 0.469. The van der Waals surface area contributed by atoms with E-state index in [9.17, 15) is 0 Å². The third kappa shape index (κ3) is 3.77. The van der Waals surface area contributed by atoms with Gasteiger partial charge in [0.15, 0.2) is 0 Å². The fourth-order valence-corrected chi connectivity index (χ4v) is 3.30. The van der Waals surface area contributed by atoms with Crippen molar-refractivity contribution in [3.63, 3.8) is 0 Å². The lowest BCUT2D eigenvalue weighted by Gasteiger charge is -2.19. The molecular weight excluding hydrogens is 342 g/mol. The molecule has 2 heteroatoms. The number of hydrogen-bond acceptors (Lipinski definition) is 2. The van der Waals surface area contributed by atoms with E-state index in [-0.39, 0.29) is 5.41 Å². The molecule has 0 saturated carbocycles. The van der Waals surface area contributed by atoms with E-state index in [4.69, 9.17) is 9.72 Å². The van der Waals surface area contributed by atoms with Crippen molar-refractivity contribution in [1.82, 2.24) is 4.98 Å². The maximum atomic E-state index is 6.27. The van der Waals surface area contributed by atoms with Gasteiger partial charge in [0.2, 0.25) is 5.88 Å². The SMILES string of the molecule is Cc1ccc2cc(-c3ccccc3)nc(Oc3ccc(C(C)(C)C)cc3)c2c1. The minimum atomic E-state index is 0.119. The smallest absolute Gasteiger partial charge is 0.227 e. The highest BCUT2D eigenvalue weighted by atomic mass is 16.5. The second-order valence-corrected chi connectivity index (χ2v) is 8.28. The van der Waals surface area contributed by atoms with Gasteiger partial charge in [0.25, 0.3) is 0 Å². The molecular formula is C26H25NO. The molecule has 1 heterocycles. The van der Waals surface area contributed by atoms with E-state index in [1.165, 1.54) is 11.1 Å². The molecule has 140 valence electrons. The molecule has 0 fully saturated rings. The van der Waals surface area contributed by atoms with Gasteiger partial charge in [-0.1, -0.05) is 80.9 Å². The van der Waals surface area contributed by atoms with Crippen molar-refractivity contribution in [3.8, 4) is 22.9 Å². The molecule has 28 heavy (non-hydrogen) atoms. The lowest BCUT2D eigenvalue weighted by Crippen LogP contribution is -2.10. The molecule has 1 aromatic heterocycles. The summed E-state index contributed by atoms with van der Waals surface area (Å²) in [5.41, 5.74) is 4.59. The summed E-state index contributed by atoms with van der Waals surface area (Å²) in [7, 11) is 0. The monoisotopic (exact) mass is 367 g/mol. The first kappa shape index (κ1) is 18.2. The van der Waals surface area contributed by atoms with Crippen molar-refractivity contribution in [3.05, 3.63) is 90.0 Å². The summed E-state index contributed by atoms with van der Waals surface area (Å²) in [6.07, 6.45) is 0. The second-order valence-electron chi connectivity index (χ2n) is 8.28. The second kappa shape index (κ2) is 7.12. The zero-order valence-electron chi connectivity index (χ0n) is 16.9. The fourth-order valence-electron chi connectivity index (χ4n) is 3.30. The molecule has 0 unspecified atom stereocenters. The molecule has 0 saturated heterocycles. The van der Waals surface area contributed by atoms with Gasteiger partial charge in [0.1, 0.15) is 5.75 Å². The number of aryl methyl sites for hydroxylation is 1. The van der Waals surface area contributed by atoms with E-state index in [2.05, 4.69) is 76.2 Å². The normalized spacial score (nSPS) is 11.6. The summed E-state index contributed by atoms with van der Waals surface area (Å²) in [6.45, 7) is 8.73. The van der Waals surface area contributed by atoms with Crippen LogP contribution in [0.2, 0.25) is 0 Å². The third-order valence-electron chi connectivity index (χ3n) is 4.96. The molecule has 4 rings (SSSR count). The van der Waals surface area contributed by atoms with Crippen molar-refractivity contribution in [1.29, 1.82) is 0 Å². The van der Waals surface area contributed by atoms with Gasteiger partial charge in [0.05, 0.1) is 5.69 Å². The van der Waals surface area contributed by atoms with E-state index in [0.717, 1.165) is 27.8 Å². The van der Waals surface area contributed by atoms with E-state index >= 15 is 0 Å². The van der Waals surface area contributed by atoms with Crippen molar-refractivity contribution in [2.24, 2.45) is 0 Å². The number of rotatable bonds is 3. The van der Waals surface area contributed by atoms with Crippen LogP contribution >= 0.6 is 0 Å². The first-order valence-electron chi connectivity index (χ1n) is 9.65. The van der Waals surface area contributed by atoms with Crippen LogP contribution in [-0.2, 0) is 5.41 Å². The summed E-state index contributed by atoms with van der Waals surface area (Å²) in [5, 5.41) is 2.15. The van der Waals surface area contributed by atoms with Crippen molar-refractivity contribution >= 4 is 10.8 Å². The Hall–Kier alpha value is -3.13. The Morgan fingerprint density at radius 2 is 1.50 bits per heavy atom. The number of benzene rings is 3. The first-order chi connectivity index (χ1) is 13.4. The molecule has 0 radical (unpaired) electrons. The van der Waals surface area contributed by atoms with Crippen LogP contribution in [0, 0.1) is 6.92 Å². The van der Waals surface area contributed by atoms with Gasteiger partial charge in [0, 0.05) is 10.9 Å². The fraction of sp³-hybridized carbons (Fsp3) is 0.192. The maximum absolute atomic E-state index is 6.27. The van der Waals surface area contributed by atoms with E-state index in [1.807, 2.05) is 30.3 Å². The molecule has 0 amide bonds. The van der Waals surface area contributed by atoms with Gasteiger partial charge < -0.3 is 4.74 Å². The van der Waals surface area contributed by atoms with Crippen molar-refractivity contribution in [2.75, 3.05) is 0 Å². The molecule has 0 aliphatic heterocycles. The quantitative estimate of drug-likeness (QED) is 0.379. The van der Waals surface area contributed by atoms with E-state index in [0.29, 0.717) is 5.88 Å². The Bertz CT molecular complexity index is 1110. The van der Waals surface area contributed by atoms with E-state index in [1.54, 1.807) is 0 Å². The zero-order chi connectivity index (χ0) is 19.7. The number of ether oxygens (including phenoxy) is 1. The van der Waals surface area contributed by atoms with Crippen molar-refractivity contribution in [2.45, 2.75) is 33.1 Å². The first-order valence-corrected chi connectivity index (χ1v) is 9.65. The Labute approximate surface area is 166 Å². The van der Waals surface area contributed by atoms with Gasteiger partial charge in [-0.05, 0) is 47.6 Å². The van der Waals surface area contributed by atoms with Crippen LogP contribution in [0.1, 0.15) is 31.9 Å².